The van der Waals surface area contributed by atoms with Crippen LogP contribution in [-0.2, 0) is 10.0 Å². The second-order valence-corrected chi connectivity index (χ2v) is 6.70. The molecule has 7 heteroatoms. The van der Waals surface area contributed by atoms with Gasteiger partial charge in [-0.3, -0.25) is 4.72 Å². The molecule has 0 bridgehead atoms. The number of rotatable bonds is 3. The van der Waals surface area contributed by atoms with Crippen LogP contribution in [0, 0.1) is 19.7 Å². The van der Waals surface area contributed by atoms with Gasteiger partial charge in [0.25, 0.3) is 10.0 Å². The molecule has 0 spiro atoms. The predicted molar refractivity (Wildman–Crippen MR) is 82.5 cm³/mol. The maximum atomic E-state index is 13.0. The highest BCUT2D eigenvalue weighted by Crippen LogP contribution is 2.30. The molecule has 0 saturated heterocycles. The largest absolute Gasteiger partial charge is 0.397 e. The summed E-state index contributed by atoms with van der Waals surface area (Å²) in [6.45, 7) is 3.37. The number of halogens is 2. The minimum Gasteiger partial charge on any atom is -0.397 e. The molecule has 2 aromatic carbocycles. The van der Waals surface area contributed by atoms with E-state index in [0.29, 0.717) is 11.1 Å². The molecule has 3 N–H and O–H groups in total. The summed E-state index contributed by atoms with van der Waals surface area (Å²) in [5.74, 6) is -0.547. The number of nitrogens with one attached hydrogen (secondary N) is 1. The molecule has 112 valence electrons. The van der Waals surface area contributed by atoms with Crippen molar-refractivity contribution < 1.29 is 12.8 Å². The third-order valence-corrected chi connectivity index (χ3v) is 4.94. The zero-order valence-electron chi connectivity index (χ0n) is 11.4. The molecule has 2 rings (SSSR count). The van der Waals surface area contributed by atoms with E-state index in [1.807, 2.05) is 0 Å². The number of hydrogen-bond donors (Lipinski definition) is 2. The highest BCUT2D eigenvalue weighted by atomic mass is 35.5. The van der Waals surface area contributed by atoms with Crippen LogP contribution in [0.15, 0.2) is 35.2 Å². The fraction of sp³-hybridized carbons (Fsp3) is 0.143. The first-order valence-corrected chi connectivity index (χ1v) is 7.92. The Bertz CT molecular complexity index is 807. The van der Waals surface area contributed by atoms with Crippen LogP contribution in [0.1, 0.15) is 11.1 Å². The first kappa shape index (κ1) is 15.6. The van der Waals surface area contributed by atoms with Gasteiger partial charge in [-0.2, -0.15) is 0 Å². The topological polar surface area (TPSA) is 72.2 Å². The molecule has 4 nitrogen and oxygen atoms in total. The van der Waals surface area contributed by atoms with Gasteiger partial charge in [0.1, 0.15) is 10.7 Å². The average Bonchev–Trinajstić information content (AvgIpc) is 2.37. The van der Waals surface area contributed by atoms with E-state index in [4.69, 9.17) is 17.3 Å². The van der Waals surface area contributed by atoms with Gasteiger partial charge in [0.15, 0.2) is 0 Å². The lowest BCUT2D eigenvalue weighted by molar-refractivity contribution is 0.600. The molecule has 0 aliphatic carbocycles. The molecular formula is C14H14ClFN2O2S. The van der Waals surface area contributed by atoms with Crippen LogP contribution < -0.4 is 10.5 Å². The lowest BCUT2D eigenvalue weighted by atomic mass is 10.1. The number of nitrogens with two attached hydrogens (primary N) is 1. The summed E-state index contributed by atoms with van der Waals surface area (Å²) in [5, 5.41) is -0.0255. The Labute approximate surface area is 127 Å². The van der Waals surface area contributed by atoms with Crippen molar-refractivity contribution in [2.75, 3.05) is 10.5 Å². The molecule has 0 fully saturated rings. The Hall–Kier alpha value is -1.79. The number of sulfonamides is 1. The van der Waals surface area contributed by atoms with Crippen LogP contribution in [0.2, 0.25) is 5.02 Å². The number of anilines is 2. The molecule has 0 heterocycles. The van der Waals surface area contributed by atoms with Crippen molar-refractivity contribution in [3.8, 4) is 0 Å². The predicted octanol–water partition coefficient (Wildman–Crippen LogP) is 3.48. The third-order valence-electron chi connectivity index (χ3n) is 3.06. The quantitative estimate of drug-likeness (QED) is 0.847. The van der Waals surface area contributed by atoms with Crippen molar-refractivity contribution in [1.82, 2.24) is 0 Å². The van der Waals surface area contributed by atoms with E-state index in [-0.39, 0.29) is 21.3 Å². The Morgan fingerprint density at radius 2 is 1.76 bits per heavy atom. The van der Waals surface area contributed by atoms with Crippen molar-refractivity contribution in [2.45, 2.75) is 18.7 Å². The van der Waals surface area contributed by atoms with Gasteiger partial charge < -0.3 is 5.73 Å². The van der Waals surface area contributed by atoms with Gasteiger partial charge in [0, 0.05) is 0 Å². The van der Waals surface area contributed by atoms with E-state index < -0.39 is 15.8 Å². The summed E-state index contributed by atoms with van der Waals surface area (Å²) in [5.41, 5.74) is 7.33. The molecule has 21 heavy (non-hydrogen) atoms. The smallest absolute Gasteiger partial charge is 0.264 e. The first-order valence-electron chi connectivity index (χ1n) is 6.06. The summed E-state index contributed by atoms with van der Waals surface area (Å²) in [6.07, 6.45) is 0. The van der Waals surface area contributed by atoms with Crippen molar-refractivity contribution in [3.63, 3.8) is 0 Å². The fourth-order valence-corrected chi connectivity index (χ4v) is 3.71. The normalized spacial score (nSPS) is 11.4. The molecule has 0 aliphatic rings. The van der Waals surface area contributed by atoms with Crippen LogP contribution in [0.25, 0.3) is 0 Å². The van der Waals surface area contributed by atoms with Crippen molar-refractivity contribution >= 4 is 33.0 Å². The van der Waals surface area contributed by atoms with E-state index in [0.717, 1.165) is 12.1 Å². The highest BCUT2D eigenvalue weighted by molar-refractivity contribution is 7.93. The van der Waals surface area contributed by atoms with Crippen LogP contribution in [0.3, 0.4) is 0 Å². The van der Waals surface area contributed by atoms with Crippen LogP contribution in [0.5, 0.6) is 0 Å². The van der Waals surface area contributed by atoms with Crippen LogP contribution in [-0.4, -0.2) is 8.42 Å². The monoisotopic (exact) mass is 328 g/mol. The Kier molecular flexibility index (Phi) is 4.11. The standard InChI is InChI=1S/C14H14ClFN2O2S/c1-8-3-4-9(2)14(13(8)17)21(19,20)18-12-6-5-10(16)7-11(12)15/h3-7,18H,17H2,1-2H3. The lowest BCUT2D eigenvalue weighted by Crippen LogP contribution is -2.17. The van der Waals surface area contributed by atoms with Gasteiger partial charge in [-0.15, -0.1) is 0 Å². The molecule has 0 unspecified atom stereocenters. The number of aryl methyl sites for hydroxylation is 2. The molecule has 0 amide bonds. The van der Waals surface area contributed by atoms with Crippen molar-refractivity contribution in [2.24, 2.45) is 0 Å². The van der Waals surface area contributed by atoms with Gasteiger partial charge >= 0.3 is 0 Å². The summed E-state index contributed by atoms with van der Waals surface area (Å²) in [7, 11) is -3.91. The maximum Gasteiger partial charge on any atom is 0.264 e. The molecular weight excluding hydrogens is 315 g/mol. The zero-order valence-corrected chi connectivity index (χ0v) is 13.0. The van der Waals surface area contributed by atoms with Crippen LogP contribution >= 0.6 is 11.6 Å². The molecule has 0 radical (unpaired) electrons. The third kappa shape index (κ3) is 3.11. The second-order valence-electron chi connectivity index (χ2n) is 4.67. The average molecular weight is 329 g/mol. The Morgan fingerprint density at radius 3 is 2.38 bits per heavy atom. The first-order chi connectivity index (χ1) is 9.72. The molecule has 0 aromatic heterocycles. The number of nitrogen functional groups attached to an aromatic ring is 1. The van der Waals surface area contributed by atoms with Crippen molar-refractivity contribution in [1.29, 1.82) is 0 Å². The number of benzene rings is 2. The molecule has 2 aromatic rings. The summed E-state index contributed by atoms with van der Waals surface area (Å²) in [4.78, 5) is 0.00268. The fourth-order valence-electron chi connectivity index (χ4n) is 1.93. The molecule has 0 saturated carbocycles. The van der Waals surface area contributed by atoms with Gasteiger partial charge in [-0.25, -0.2) is 12.8 Å². The van der Waals surface area contributed by atoms with Crippen molar-refractivity contribution in [3.05, 3.63) is 52.3 Å². The van der Waals surface area contributed by atoms with E-state index in [1.165, 1.54) is 6.07 Å². The zero-order chi connectivity index (χ0) is 15.8. The number of hydrogen-bond acceptors (Lipinski definition) is 3. The minimum absolute atomic E-state index is 0.00268. The summed E-state index contributed by atoms with van der Waals surface area (Å²) >= 11 is 5.84. The maximum absolute atomic E-state index is 13.0. The molecule has 0 aliphatic heterocycles. The van der Waals surface area contributed by atoms with Gasteiger partial charge in [0.2, 0.25) is 0 Å². The lowest BCUT2D eigenvalue weighted by Gasteiger charge is -2.15. The Balaban J connectivity index is 2.51. The van der Waals surface area contributed by atoms with Gasteiger partial charge in [-0.05, 0) is 43.2 Å². The van der Waals surface area contributed by atoms with Gasteiger partial charge in [0.05, 0.1) is 16.4 Å². The Morgan fingerprint density at radius 1 is 1.14 bits per heavy atom. The minimum atomic E-state index is -3.91. The molecule has 0 atom stereocenters. The van der Waals surface area contributed by atoms with E-state index in [2.05, 4.69) is 4.72 Å². The van der Waals surface area contributed by atoms with E-state index >= 15 is 0 Å². The van der Waals surface area contributed by atoms with Crippen LogP contribution in [0.4, 0.5) is 15.8 Å². The van der Waals surface area contributed by atoms with E-state index in [9.17, 15) is 12.8 Å². The summed E-state index contributed by atoms with van der Waals surface area (Å²) < 4.78 is 40.3. The van der Waals surface area contributed by atoms with Gasteiger partial charge in [-0.1, -0.05) is 23.7 Å². The second kappa shape index (κ2) is 5.54. The highest BCUT2D eigenvalue weighted by Gasteiger charge is 2.22. The SMILES string of the molecule is Cc1ccc(C)c(S(=O)(=O)Nc2ccc(F)cc2Cl)c1N. The summed E-state index contributed by atoms with van der Waals surface area (Å²) in [6, 6.07) is 6.83. The van der Waals surface area contributed by atoms with E-state index in [1.54, 1.807) is 26.0 Å².